The Morgan fingerprint density at radius 3 is 2.70 bits per heavy atom. The third kappa shape index (κ3) is 4.12. The Bertz CT molecular complexity index is 1030. The largest absolute Gasteiger partial charge is 0.465 e. The molecule has 2 aromatic heterocycles. The first kappa shape index (κ1) is 18.1. The summed E-state index contributed by atoms with van der Waals surface area (Å²) in [6, 6.07) is 10.1. The van der Waals surface area contributed by atoms with Crippen molar-refractivity contribution >= 4 is 29.2 Å². The molecular weight excluding hydrogens is 350 g/mol. The number of ether oxygens (including phenoxy) is 2. The van der Waals surface area contributed by atoms with Gasteiger partial charge in [0.2, 0.25) is 0 Å². The first-order valence-electron chi connectivity index (χ1n) is 8.07. The summed E-state index contributed by atoms with van der Waals surface area (Å²) in [5.41, 5.74) is 2.20. The zero-order valence-corrected chi connectivity index (χ0v) is 14.8. The minimum absolute atomic E-state index is 0.100. The predicted octanol–water partition coefficient (Wildman–Crippen LogP) is 2.22. The van der Waals surface area contributed by atoms with Crippen LogP contribution in [0.4, 0.5) is 5.69 Å². The number of para-hydroxylation sites is 1. The first-order chi connectivity index (χ1) is 13.0. The van der Waals surface area contributed by atoms with Crippen LogP contribution in [0.3, 0.4) is 0 Å². The summed E-state index contributed by atoms with van der Waals surface area (Å²) in [4.78, 5) is 40.1. The summed E-state index contributed by atoms with van der Waals surface area (Å²) >= 11 is 0. The van der Waals surface area contributed by atoms with Crippen molar-refractivity contribution in [1.29, 1.82) is 0 Å². The maximum Gasteiger partial charge on any atom is 0.359 e. The SMILES string of the molecule is COC(=O)c1ccccc1NC(=O)COC(=O)c1cn2ccc(C)cc2n1. The number of hydrogen-bond acceptors (Lipinski definition) is 6. The molecule has 0 aliphatic carbocycles. The van der Waals surface area contributed by atoms with Crippen LogP contribution in [0.2, 0.25) is 0 Å². The predicted molar refractivity (Wildman–Crippen MR) is 96.6 cm³/mol. The van der Waals surface area contributed by atoms with E-state index < -0.39 is 24.5 Å². The van der Waals surface area contributed by atoms with Crippen molar-refractivity contribution in [1.82, 2.24) is 9.38 Å². The lowest BCUT2D eigenvalue weighted by molar-refractivity contribution is -0.119. The number of esters is 2. The van der Waals surface area contributed by atoms with Crippen LogP contribution in [0.15, 0.2) is 48.8 Å². The first-order valence-corrected chi connectivity index (χ1v) is 8.07. The fourth-order valence-electron chi connectivity index (χ4n) is 2.45. The van der Waals surface area contributed by atoms with E-state index in [0.29, 0.717) is 5.65 Å². The van der Waals surface area contributed by atoms with Gasteiger partial charge in [0.15, 0.2) is 12.3 Å². The molecule has 0 unspecified atom stereocenters. The highest BCUT2D eigenvalue weighted by Gasteiger charge is 2.16. The number of hydrogen-bond donors (Lipinski definition) is 1. The lowest BCUT2D eigenvalue weighted by Gasteiger charge is -2.09. The maximum atomic E-state index is 12.1. The normalized spacial score (nSPS) is 10.4. The summed E-state index contributed by atoms with van der Waals surface area (Å²) in [5.74, 6) is -1.88. The van der Waals surface area contributed by atoms with Crippen LogP contribution in [0.25, 0.3) is 5.65 Å². The molecule has 0 radical (unpaired) electrons. The molecule has 0 aliphatic heterocycles. The molecule has 0 atom stereocenters. The van der Waals surface area contributed by atoms with Gasteiger partial charge in [-0.3, -0.25) is 4.79 Å². The van der Waals surface area contributed by atoms with Crippen molar-refractivity contribution < 1.29 is 23.9 Å². The van der Waals surface area contributed by atoms with E-state index in [2.05, 4.69) is 15.0 Å². The Morgan fingerprint density at radius 2 is 1.93 bits per heavy atom. The van der Waals surface area contributed by atoms with E-state index in [1.807, 2.05) is 19.1 Å². The smallest absolute Gasteiger partial charge is 0.359 e. The summed E-state index contributed by atoms with van der Waals surface area (Å²) in [5, 5.41) is 2.52. The third-order valence-electron chi connectivity index (χ3n) is 3.77. The molecule has 8 nitrogen and oxygen atoms in total. The monoisotopic (exact) mass is 367 g/mol. The molecule has 2 heterocycles. The van der Waals surface area contributed by atoms with Crippen LogP contribution in [0.1, 0.15) is 26.4 Å². The Labute approximate surface area is 154 Å². The molecule has 8 heteroatoms. The van der Waals surface area contributed by atoms with Gasteiger partial charge in [-0.15, -0.1) is 0 Å². The molecule has 3 aromatic rings. The van der Waals surface area contributed by atoms with Gasteiger partial charge in [-0.05, 0) is 36.8 Å². The van der Waals surface area contributed by atoms with E-state index in [1.165, 1.54) is 19.4 Å². The topological polar surface area (TPSA) is 99.0 Å². The number of rotatable bonds is 5. The van der Waals surface area contributed by atoms with Crippen molar-refractivity contribution in [2.45, 2.75) is 6.92 Å². The van der Waals surface area contributed by atoms with Gasteiger partial charge in [0.05, 0.1) is 18.4 Å². The molecule has 3 rings (SSSR count). The average Bonchev–Trinajstić information content (AvgIpc) is 3.09. The van der Waals surface area contributed by atoms with E-state index in [-0.39, 0.29) is 16.9 Å². The molecular formula is C19H17N3O5. The van der Waals surface area contributed by atoms with Gasteiger partial charge < -0.3 is 19.2 Å². The van der Waals surface area contributed by atoms with Gasteiger partial charge in [0.1, 0.15) is 5.65 Å². The zero-order valence-electron chi connectivity index (χ0n) is 14.8. The molecule has 0 aliphatic rings. The van der Waals surface area contributed by atoms with Crippen LogP contribution in [-0.2, 0) is 14.3 Å². The number of carbonyl (C=O) groups is 3. The second kappa shape index (κ2) is 7.69. The fraction of sp³-hybridized carbons (Fsp3) is 0.158. The lowest BCUT2D eigenvalue weighted by atomic mass is 10.2. The van der Waals surface area contributed by atoms with Crippen LogP contribution in [0.5, 0.6) is 0 Å². The van der Waals surface area contributed by atoms with Crippen LogP contribution < -0.4 is 5.32 Å². The molecule has 0 spiro atoms. The highest BCUT2D eigenvalue weighted by atomic mass is 16.5. The number of benzene rings is 1. The number of methoxy groups -OCH3 is 1. The lowest BCUT2D eigenvalue weighted by Crippen LogP contribution is -2.22. The molecule has 1 N–H and O–H groups in total. The van der Waals surface area contributed by atoms with E-state index in [9.17, 15) is 14.4 Å². The van der Waals surface area contributed by atoms with Gasteiger partial charge in [-0.2, -0.15) is 0 Å². The average molecular weight is 367 g/mol. The van der Waals surface area contributed by atoms with Gasteiger partial charge in [-0.1, -0.05) is 12.1 Å². The molecule has 0 saturated carbocycles. The highest BCUT2D eigenvalue weighted by Crippen LogP contribution is 2.16. The van der Waals surface area contributed by atoms with Crippen molar-refractivity contribution in [2.75, 3.05) is 19.0 Å². The van der Waals surface area contributed by atoms with Gasteiger partial charge >= 0.3 is 11.9 Å². The van der Waals surface area contributed by atoms with Crippen LogP contribution >= 0.6 is 0 Å². The van der Waals surface area contributed by atoms with E-state index in [0.717, 1.165) is 5.56 Å². The van der Waals surface area contributed by atoms with Gasteiger partial charge in [0, 0.05) is 12.4 Å². The number of amides is 1. The maximum absolute atomic E-state index is 12.1. The van der Waals surface area contributed by atoms with Gasteiger partial charge in [-0.25, -0.2) is 14.6 Å². The number of nitrogens with zero attached hydrogens (tertiary/aromatic N) is 2. The zero-order chi connectivity index (χ0) is 19.4. The Morgan fingerprint density at radius 1 is 1.15 bits per heavy atom. The Balaban J connectivity index is 1.63. The number of imidazole rings is 1. The van der Waals surface area contributed by atoms with Crippen molar-refractivity contribution in [2.24, 2.45) is 0 Å². The number of nitrogens with one attached hydrogen (secondary N) is 1. The van der Waals surface area contributed by atoms with E-state index in [4.69, 9.17) is 4.74 Å². The third-order valence-corrected chi connectivity index (χ3v) is 3.77. The Hall–Kier alpha value is -3.68. The number of anilines is 1. The number of aryl methyl sites for hydroxylation is 1. The second-order valence-corrected chi connectivity index (χ2v) is 5.76. The number of aromatic nitrogens is 2. The Kier molecular flexibility index (Phi) is 5.16. The van der Waals surface area contributed by atoms with Crippen LogP contribution in [-0.4, -0.2) is 40.9 Å². The summed E-state index contributed by atoms with van der Waals surface area (Å²) in [6.45, 7) is 1.41. The molecule has 1 amide bonds. The summed E-state index contributed by atoms with van der Waals surface area (Å²) in [6.07, 6.45) is 3.31. The molecule has 1 aromatic carbocycles. The van der Waals surface area contributed by atoms with E-state index >= 15 is 0 Å². The molecule has 0 fully saturated rings. The van der Waals surface area contributed by atoms with Crippen molar-refractivity contribution in [3.8, 4) is 0 Å². The molecule has 27 heavy (non-hydrogen) atoms. The summed E-state index contributed by atoms with van der Waals surface area (Å²) < 4.78 is 11.4. The number of carbonyl (C=O) groups excluding carboxylic acids is 3. The van der Waals surface area contributed by atoms with Crippen molar-refractivity contribution in [3.05, 3.63) is 65.6 Å². The number of fused-ring (bicyclic) bond motifs is 1. The minimum atomic E-state index is -0.715. The van der Waals surface area contributed by atoms with Crippen LogP contribution in [0, 0.1) is 6.92 Å². The fourth-order valence-corrected chi connectivity index (χ4v) is 2.45. The quantitative estimate of drug-likeness (QED) is 0.694. The van der Waals surface area contributed by atoms with E-state index in [1.54, 1.807) is 28.8 Å². The number of pyridine rings is 1. The summed E-state index contributed by atoms with van der Waals surface area (Å²) in [7, 11) is 1.25. The second-order valence-electron chi connectivity index (χ2n) is 5.76. The molecule has 0 saturated heterocycles. The minimum Gasteiger partial charge on any atom is -0.465 e. The van der Waals surface area contributed by atoms with Gasteiger partial charge in [0.25, 0.3) is 5.91 Å². The standard InChI is InChI=1S/C19H17N3O5/c1-12-7-8-22-10-15(20-16(22)9-12)19(25)27-11-17(23)21-14-6-4-3-5-13(14)18(24)26-2/h3-10H,11H2,1-2H3,(H,21,23). The molecule has 138 valence electrons. The molecule has 0 bridgehead atoms. The van der Waals surface area contributed by atoms with Crippen molar-refractivity contribution in [3.63, 3.8) is 0 Å². The highest BCUT2D eigenvalue weighted by molar-refractivity contribution is 6.02.